The average molecular weight is 568 g/mol. The summed E-state index contributed by atoms with van der Waals surface area (Å²) in [4.78, 5) is 28.3. The first kappa shape index (κ1) is 28.2. The zero-order valence-corrected chi connectivity index (χ0v) is 23.3. The van der Waals surface area contributed by atoms with E-state index in [9.17, 15) is 20.2 Å². The van der Waals surface area contributed by atoms with Gasteiger partial charge in [-0.3, -0.25) is 20.2 Å². The summed E-state index contributed by atoms with van der Waals surface area (Å²) in [5, 5.41) is 23.3. The van der Waals surface area contributed by atoms with Crippen LogP contribution in [0.3, 0.4) is 0 Å². The van der Waals surface area contributed by atoms with Crippen LogP contribution in [0, 0.1) is 26.1 Å². The summed E-state index contributed by atoms with van der Waals surface area (Å²) >= 11 is 5.08. The Morgan fingerprint density at radius 3 is 1.82 bits per heavy atom. The van der Waals surface area contributed by atoms with Gasteiger partial charge >= 0.3 is 0 Å². The van der Waals surface area contributed by atoms with E-state index in [1.54, 1.807) is 47.8 Å². The topological polar surface area (TPSA) is 98.6 Å². The van der Waals surface area contributed by atoms with Gasteiger partial charge in [0.2, 0.25) is 0 Å². The molecule has 0 N–H and O–H groups in total. The van der Waals surface area contributed by atoms with Gasteiger partial charge in [-0.05, 0) is 55.2 Å². The van der Waals surface area contributed by atoms with Gasteiger partial charge in [0.05, 0.1) is 25.2 Å². The lowest BCUT2D eigenvalue weighted by atomic mass is 9.91. The van der Waals surface area contributed by atoms with Crippen LogP contribution in [0.2, 0.25) is 0 Å². The van der Waals surface area contributed by atoms with Gasteiger partial charge in [-0.25, -0.2) is 4.99 Å². The lowest BCUT2D eigenvalue weighted by Crippen LogP contribution is -2.12. The molecule has 0 aromatic heterocycles. The maximum absolute atomic E-state index is 11.1. The van der Waals surface area contributed by atoms with Crippen LogP contribution in [-0.2, 0) is 0 Å². The van der Waals surface area contributed by atoms with Gasteiger partial charge in [0.25, 0.3) is 11.4 Å². The van der Waals surface area contributed by atoms with E-state index >= 15 is 0 Å². The smallest absolute Gasteiger partial charge is 0.258 e. The zero-order valence-electron chi connectivity index (χ0n) is 20.8. The fourth-order valence-corrected chi connectivity index (χ4v) is 8.16. The monoisotopic (exact) mass is 567 g/mol. The molecular formula is C28H29N3O4S3. The van der Waals surface area contributed by atoms with Gasteiger partial charge < -0.3 is 0 Å². The van der Waals surface area contributed by atoms with Crippen LogP contribution in [0.15, 0.2) is 93.6 Å². The Bertz CT molecular complexity index is 1170. The third kappa shape index (κ3) is 8.89. The molecule has 0 aliphatic heterocycles. The molecule has 38 heavy (non-hydrogen) atoms. The molecule has 0 bridgehead atoms. The van der Waals surface area contributed by atoms with Crippen molar-refractivity contribution in [1.29, 1.82) is 0 Å². The largest absolute Gasteiger partial charge is 0.269 e. The maximum atomic E-state index is 11.1. The third-order valence-corrected chi connectivity index (χ3v) is 9.95. The van der Waals surface area contributed by atoms with Gasteiger partial charge in [-0.2, -0.15) is 0 Å². The second kappa shape index (κ2) is 14.4. The van der Waals surface area contributed by atoms with E-state index in [2.05, 4.69) is 0 Å². The molecule has 0 spiro atoms. The molecule has 1 aliphatic carbocycles. The summed E-state index contributed by atoms with van der Waals surface area (Å²) in [6.07, 6.45) is 7.14. The van der Waals surface area contributed by atoms with E-state index in [0.29, 0.717) is 12.3 Å². The summed E-state index contributed by atoms with van der Waals surface area (Å²) in [5.41, 5.74) is 1.03. The first-order chi connectivity index (χ1) is 18.5. The number of benzene rings is 3. The van der Waals surface area contributed by atoms with Crippen molar-refractivity contribution in [2.75, 3.05) is 5.75 Å². The highest BCUT2D eigenvalue weighted by atomic mass is 32.2. The highest BCUT2D eigenvalue weighted by Crippen LogP contribution is 2.40. The van der Waals surface area contributed by atoms with Crippen molar-refractivity contribution in [2.45, 2.75) is 52.9 Å². The highest BCUT2D eigenvalue weighted by Gasteiger charge is 2.20. The second-order valence-corrected chi connectivity index (χ2v) is 13.0. The molecule has 198 valence electrons. The Kier molecular flexibility index (Phi) is 10.7. The number of thioether (sulfide) groups is 3. The van der Waals surface area contributed by atoms with Gasteiger partial charge in [-0.15, -0.1) is 35.3 Å². The number of aliphatic imine (C=N–C) groups is 1. The van der Waals surface area contributed by atoms with Gasteiger partial charge in [0, 0.05) is 46.2 Å². The molecule has 0 radical (unpaired) electrons. The van der Waals surface area contributed by atoms with E-state index in [4.69, 9.17) is 4.99 Å². The number of nitro groups is 2. The van der Waals surface area contributed by atoms with E-state index in [0.717, 1.165) is 26.3 Å². The lowest BCUT2D eigenvalue weighted by Gasteiger charge is -2.22. The van der Waals surface area contributed by atoms with Crippen molar-refractivity contribution in [1.82, 2.24) is 0 Å². The first-order valence-corrected chi connectivity index (χ1v) is 15.3. The van der Waals surface area contributed by atoms with Crippen molar-refractivity contribution < 1.29 is 9.85 Å². The van der Waals surface area contributed by atoms with Crippen LogP contribution in [0.4, 0.5) is 17.1 Å². The number of non-ortho nitro benzene ring substituents is 2. The van der Waals surface area contributed by atoms with Crippen molar-refractivity contribution >= 4 is 57.4 Å². The van der Waals surface area contributed by atoms with Crippen molar-refractivity contribution in [3.05, 3.63) is 99.1 Å². The van der Waals surface area contributed by atoms with Crippen molar-refractivity contribution in [3.8, 4) is 0 Å². The molecule has 0 heterocycles. The van der Waals surface area contributed by atoms with Gasteiger partial charge in [0.1, 0.15) is 0 Å². The van der Waals surface area contributed by atoms with Crippen LogP contribution in [0.1, 0.15) is 38.5 Å². The number of nitro benzene ring substituents is 2. The number of hydrogen-bond acceptors (Lipinski definition) is 8. The molecule has 4 rings (SSSR count). The molecule has 10 heteroatoms. The number of nitrogens with zero attached hydrogens (tertiary/aromatic N) is 3. The third-order valence-electron chi connectivity index (χ3n) is 6.19. The number of rotatable bonds is 11. The predicted molar refractivity (Wildman–Crippen MR) is 159 cm³/mol. The molecule has 1 aliphatic rings. The molecular weight excluding hydrogens is 539 g/mol. The molecule has 0 amide bonds. The quantitative estimate of drug-likeness (QED) is 0.0569. The van der Waals surface area contributed by atoms with Crippen molar-refractivity contribution in [3.63, 3.8) is 0 Å². The van der Waals surface area contributed by atoms with E-state index in [1.165, 1.54) is 56.4 Å². The van der Waals surface area contributed by atoms with Crippen LogP contribution in [0.25, 0.3) is 0 Å². The summed E-state index contributed by atoms with van der Waals surface area (Å²) in [6, 6.07) is 23.1. The maximum Gasteiger partial charge on any atom is 0.269 e. The normalized spacial score (nSPS) is 14.5. The van der Waals surface area contributed by atoms with Gasteiger partial charge in [-0.1, -0.05) is 37.5 Å². The van der Waals surface area contributed by atoms with E-state index in [-0.39, 0.29) is 16.0 Å². The Balaban J connectivity index is 1.56. The molecule has 1 fully saturated rings. The number of para-hydroxylation sites is 1. The SMILES string of the molecule is O=[N+]([O-])c1ccc(SC(CC(=Nc2ccccc2)SCC2CCCCC2)Sc2ccc([N+](=O)[O-])cc2)cc1. The minimum Gasteiger partial charge on any atom is -0.258 e. The fraction of sp³-hybridized carbons (Fsp3) is 0.321. The summed E-state index contributed by atoms with van der Waals surface area (Å²) < 4.78 is 0.0132. The first-order valence-electron chi connectivity index (χ1n) is 12.5. The molecule has 3 aromatic rings. The molecule has 0 atom stereocenters. The van der Waals surface area contributed by atoms with E-state index in [1.807, 2.05) is 42.1 Å². The van der Waals surface area contributed by atoms with Gasteiger partial charge in [0.15, 0.2) is 0 Å². The Hall–Kier alpha value is -2.82. The minimum absolute atomic E-state index is 0.0132. The summed E-state index contributed by atoms with van der Waals surface area (Å²) in [5.74, 6) is 1.75. The average Bonchev–Trinajstić information content (AvgIpc) is 2.93. The predicted octanol–water partition coefficient (Wildman–Crippen LogP) is 9.15. The van der Waals surface area contributed by atoms with Crippen LogP contribution >= 0.6 is 35.3 Å². The Morgan fingerprint density at radius 2 is 1.32 bits per heavy atom. The molecule has 0 saturated heterocycles. The standard InChI is InChI=1S/C28H29N3O4S3/c32-30(33)23-11-15-25(16-12-23)37-28(38-26-17-13-24(14-18-26)31(34)35)19-27(29-22-9-5-2-6-10-22)36-20-21-7-3-1-4-8-21/h2,5-6,9-18,21,28H,1,3-4,7-8,19-20H2. The second-order valence-electron chi connectivity index (χ2n) is 9.03. The highest BCUT2D eigenvalue weighted by molar-refractivity contribution is 8.17. The van der Waals surface area contributed by atoms with Crippen LogP contribution in [-0.4, -0.2) is 25.2 Å². The van der Waals surface area contributed by atoms with Crippen LogP contribution < -0.4 is 0 Å². The summed E-state index contributed by atoms with van der Waals surface area (Å²) in [7, 11) is 0. The minimum atomic E-state index is -0.399. The van der Waals surface area contributed by atoms with E-state index < -0.39 is 9.85 Å². The number of hydrogen-bond donors (Lipinski definition) is 0. The molecule has 3 aromatic carbocycles. The molecule has 7 nitrogen and oxygen atoms in total. The molecule has 0 unspecified atom stereocenters. The zero-order chi connectivity index (χ0) is 26.7. The Morgan fingerprint density at radius 1 is 0.789 bits per heavy atom. The lowest BCUT2D eigenvalue weighted by molar-refractivity contribution is -0.385. The Labute approximate surface area is 235 Å². The fourth-order valence-electron chi connectivity index (χ4n) is 4.20. The van der Waals surface area contributed by atoms with Crippen molar-refractivity contribution in [2.24, 2.45) is 10.9 Å². The summed E-state index contributed by atoms with van der Waals surface area (Å²) in [6.45, 7) is 0. The van der Waals surface area contributed by atoms with Crippen LogP contribution in [0.5, 0.6) is 0 Å². The molecule has 1 saturated carbocycles.